The number of hydrogen-bond donors (Lipinski definition) is 2. The molecule has 3 fully saturated rings. The molecule has 3 saturated carbocycles. The summed E-state index contributed by atoms with van der Waals surface area (Å²) in [7, 11) is 8.32. The van der Waals surface area contributed by atoms with Crippen molar-refractivity contribution in [1.82, 2.24) is 9.80 Å². The van der Waals surface area contributed by atoms with Gasteiger partial charge in [-0.15, -0.1) is 0 Å². The van der Waals surface area contributed by atoms with Gasteiger partial charge < -0.3 is 20.5 Å². The van der Waals surface area contributed by atoms with E-state index >= 15 is 0 Å². The lowest BCUT2D eigenvalue weighted by Gasteiger charge is -2.54. The van der Waals surface area contributed by atoms with Gasteiger partial charge in [-0.1, -0.05) is 26.2 Å². The molecule has 246 valence electrons. The van der Waals surface area contributed by atoms with E-state index < -0.39 is 64.4 Å². The number of carbonyl (C=O) groups excluding carboxylic acids is 5. The molecule has 6 unspecified atom stereocenters. The van der Waals surface area contributed by atoms with Crippen molar-refractivity contribution in [3.63, 3.8) is 0 Å². The summed E-state index contributed by atoms with van der Waals surface area (Å²) >= 11 is 0. The van der Waals surface area contributed by atoms with Crippen LogP contribution in [0, 0.1) is 29.6 Å². The first-order valence-corrected chi connectivity index (χ1v) is 16.2. The Balaban J connectivity index is 1.58. The number of nitrogens with two attached hydrogens (primary N) is 1. The van der Waals surface area contributed by atoms with Crippen LogP contribution in [-0.2, 0) is 36.9 Å². The Labute approximate surface area is 265 Å². The molecule has 0 bridgehead atoms. The molecular weight excluding hydrogens is 576 g/mol. The predicted molar refractivity (Wildman–Crippen MR) is 168 cm³/mol. The molecule has 3 N–H and O–H groups in total. The number of ketones is 4. The van der Waals surface area contributed by atoms with Gasteiger partial charge in [-0.05, 0) is 75.4 Å². The molecular formula is C34H48N4O7. The zero-order valence-electron chi connectivity index (χ0n) is 27.4. The highest BCUT2D eigenvalue weighted by atomic mass is 16.5. The number of methoxy groups -OCH3 is 1. The molecule has 45 heavy (non-hydrogen) atoms. The fourth-order valence-electron chi connectivity index (χ4n) is 9.02. The van der Waals surface area contributed by atoms with E-state index in [9.17, 15) is 29.1 Å². The van der Waals surface area contributed by atoms with Crippen molar-refractivity contribution in [3.05, 3.63) is 22.8 Å². The summed E-state index contributed by atoms with van der Waals surface area (Å²) in [6.45, 7) is 4.57. The van der Waals surface area contributed by atoms with Crippen molar-refractivity contribution in [3.8, 4) is 5.75 Å². The number of hydrogen-bond acceptors (Lipinski definition) is 10. The van der Waals surface area contributed by atoms with Crippen molar-refractivity contribution in [2.45, 2.75) is 70.1 Å². The first-order valence-electron chi connectivity index (χ1n) is 16.2. The molecule has 0 spiro atoms. The quantitative estimate of drug-likeness (QED) is 0.391. The number of primary amides is 1. The lowest BCUT2D eigenvalue weighted by atomic mass is 9.52. The van der Waals surface area contributed by atoms with Crippen LogP contribution < -0.4 is 10.6 Å². The van der Waals surface area contributed by atoms with Gasteiger partial charge in [-0.2, -0.15) is 0 Å². The first-order chi connectivity index (χ1) is 21.3. The highest BCUT2D eigenvalue weighted by Crippen LogP contribution is 2.53. The lowest BCUT2D eigenvalue weighted by Crippen LogP contribution is -2.74. The number of phenolic OH excluding ortho intramolecular Hbond substituents is 1. The van der Waals surface area contributed by atoms with Crippen molar-refractivity contribution in [2.24, 2.45) is 35.3 Å². The Bertz CT molecular complexity index is 1400. The number of nitrogens with zero attached hydrogens (tertiary/aromatic N) is 3. The summed E-state index contributed by atoms with van der Waals surface area (Å²) in [5.74, 6) is -8.25. The minimum absolute atomic E-state index is 0.0898. The molecule has 11 nitrogen and oxygen atoms in total. The van der Waals surface area contributed by atoms with Crippen LogP contribution in [0.1, 0.15) is 66.9 Å². The second-order valence-electron chi connectivity index (χ2n) is 13.9. The summed E-state index contributed by atoms with van der Waals surface area (Å²) in [6, 6.07) is 0.654. The van der Waals surface area contributed by atoms with Crippen molar-refractivity contribution in [2.75, 3.05) is 53.3 Å². The predicted octanol–water partition coefficient (Wildman–Crippen LogP) is 1.99. The molecule has 0 aromatic heterocycles. The maximum absolute atomic E-state index is 14.4. The number of anilines is 1. The summed E-state index contributed by atoms with van der Waals surface area (Å²) < 4.78 is 5.72. The highest BCUT2D eigenvalue weighted by molar-refractivity contribution is 6.32. The Morgan fingerprint density at radius 2 is 1.73 bits per heavy atom. The third-order valence-electron chi connectivity index (χ3n) is 10.9. The first kappa shape index (κ1) is 33.2. The van der Waals surface area contributed by atoms with Crippen LogP contribution in [0.4, 0.5) is 5.69 Å². The van der Waals surface area contributed by atoms with E-state index in [0.29, 0.717) is 24.4 Å². The third kappa shape index (κ3) is 5.30. The molecule has 4 aliphatic carbocycles. The van der Waals surface area contributed by atoms with Crippen molar-refractivity contribution >= 4 is 34.7 Å². The van der Waals surface area contributed by atoms with Gasteiger partial charge in [0.1, 0.15) is 5.75 Å². The molecule has 6 atom stereocenters. The second-order valence-corrected chi connectivity index (χ2v) is 13.9. The fourth-order valence-corrected chi connectivity index (χ4v) is 9.02. The number of benzene rings is 1. The van der Waals surface area contributed by atoms with Crippen LogP contribution >= 0.6 is 0 Å². The Morgan fingerprint density at radius 1 is 1.07 bits per heavy atom. The number of rotatable bonds is 9. The number of Topliss-reactive ketones (excluding diaryl/α,β-unsaturated/α-hetero) is 4. The van der Waals surface area contributed by atoms with Gasteiger partial charge in [-0.25, -0.2) is 0 Å². The van der Waals surface area contributed by atoms with Gasteiger partial charge in [-0.3, -0.25) is 33.8 Å². The van der Waals surface area contributed by atoms with Crippen molar-refractivity contribution in [1.29, 1.82) is 0 Å². The molecule has 1 aromatic rings. The number of carbonyl (C=O) groups is 5. The van der Waals surface area contributed by atoms with E-state index in [-0.39, 0.29) is 17.7 Å². The smallest absolute Gasteiger partial charge is 0.235 e. The van der Waals surface area contributed by atoms with E-state index in [0.717, 1.165) is 24.3 Å². The topological polar surface area (TPSA) is 151 Å². The van der Waals surface area contributed by atoms with Gasteiger partial charge in [0.2, 0.25) is 5.91 Å². The third-order valence-corrected chi connectivity index (χ3v) is 10.9. The van der Waals surface area contributed by atoms with Crippen LogP contribution in [-0.4, -0.2) is 104 Å². The molecule has 11 heteroatoms. The molecule has 0 saturated heterocycles. The minimum atomic E-state index is -2.18. The number of amides is 1. The zero-order chi connectivity index (χ0) is 33.0. The number of ether oxygens (including phenoxy) is 1. The number of fused-ring (bicyclic) bond motifs is 3. The summed E-state index contributed by atoms with van der Waals surface area (Å²) in [5.41, 5.74) is 5.86. The maximum Gasteiger partial charge on any atom is 0.235 e. The summed E-state index contributed by atoms with van der Waals surface area (Å²) in [5, 5.41) is 11.4. The number of aromatic hydroxyl groups is 1. The average molecular weight is 625 g/mol. The van der Waals surface area contributed by atoms with Gasteiger partial charge in [0.05, 0.1) is 17.5 Å². The van der Waals surface area contributed by atoms with Gasteiger partial charge in [0.15, 0.2) is 34.7 Å². The minimum Gasteiger partial charge on any atom is -0.507 e. The SMILES string of the molecule is CCN(Cc1cc(O)c2c(c1N(C)C)CC1CC3C(N(C)C)C(=O)C(C(N)=O)C(=O)C3(OC)C(=O)C1C2=O)CC1CCCCC1. The fraction of sp³-hybridized carbons (Fsp3) is 0.676. The largest absolute Gasteiger partial charge is 0.507 e. The molecule has 4 aliphatic rings. The lowest BCUT2D eigenvalue weighted by molar-refractivity contribution is -0.186. The van der Waals surface area contributed by atoms with E-state index in [1.165, 1.54) is 39.2 Å². The van der Waals surface area contributed by atoms with Crippen LogP contribution in [0.15, 0.2) is 6.07 Å². The Kier molecular flexibility index (Phi) is 9.28. The molecule has 5 rings (SSSR count). The normalized spacial score (nSPS) is 30.4. The zero-order valence-corrected chi connectivity index (χ0v) is 27.4. The van der Waals surface area contributed by atoms with E-state index in [1.54, 1.807) is 25.1 Å². The van der Waals surface area contributed by atoms with E-state index in [1.807, 2.05) is 19.0 Å². The van der Waals surface area contributed by atoms with Gasteiger partial charge in [0, 0.05) is 45.9 Å². The Hall–Kier alpha value is -3.15. The molecule has 1 amide bonds. The molecule has 1 aromatic carbocycles. The monoisotopic (exact) mass is 624 g/mol. The highest BCUT2D eigenvalue weighted by Gasteiger charge is 2.70. The van der Waals surface area contributed by atoms with Crippen LogP contribution in [0.25, 0.3) is 0 Å². The van der Waals surface area contributed by atoms with Crippen LogP contribution in [0.3, 0.4) is 0 Å². The standard InChI is InChI=1S/C34H48N4O7/c1-7-38(16-18-11-9-8-10-12-18)17-20-15-23(39)25-21(27(20)36(2)3)13-19-14-22-28(37(4)5)30(41)26(33(35)44)32(43)34(22,45-6)31(42)24(19)29(25)40/h15,18-19,22,24,26,28,39H,7-14,16-17H2,1-6H3,(H2,35,44). The van der Waals surface area contributed by atoms with Crippen LogP contribution in [0.2, 0.25) is 0 Å². The van der Waals surface area contributed by atoms with E-state index in [2.05, 4.69) is 11.8 Å². The Morgan fingerprint density at radius 3 is 2.29 bits per heavy atom. The molecule has 0 heterocycles. The number of phenols is 1. The summed E-state index contributed by atoms with van der Waals surface area (Å²) in [4.78, 5) is 74.4. The van der Waals surface area contributed by atoms with Gasteiger partial charge in [0.25, 0.3) is 0 Å². The molecule has 0 aliphatic heterocycles. The number of likely N-dealkylation sites (N-methyl/N-ethyl adjacent to an activating group) is 1. The van der Waals surface area contributed by atoms with Crippen molar-refractivity contribution < 1.29 is 33.8 Å². The van der Waals surface area contributed by atoms with Gasteiger partial charge >= 0.3 is 0 Å². The average Bonchev–Trinajstić information content (AvgIpc) is 2.96. The van der Waals surface area contributed by atoms with Crippen LogP contribution in [0.5, 0.6) is 5.75 Å². The second kappa shape index (κ2) is 12.6. The van der Waals surface area contributed by atoms with E-state index in [4.69, 9.17) is 10.5 Å². The summed E-state index contributed by atoms with van der Waals surface area (Å²) in [6.07, 6.45) is 6.73. The maximum atomic E-state index is 14.4. The molecule has 0 radical (unpaired) electrons.